The summed E-state index contributed by atoms with van der Waals surface area (Å²) in [7, 11) is 0. The van der Waals surface area contributed by atoms with Crippen molar-refractivity contribution in [1.29, 1.82) is 0 Å². The highest BCUT2D eigenvalue weighted by Gasteiger charge is 2.36. The van der Waals surface area contributed by atoms with E-state index in [-0.39, 0.29) is 5.41 Å². The maximum absolute atomic E-state index is 3.55. The lowest BCUT2D eigenvalue weighted by atomic mass is 9.82. The van der Waals surface area contributed by atoms with E-state index in [1.807, 2.05) is 6.07 Å². The van der Waals surface area contributed by atoms with Crippen LogP contribution in [0.1, 0.15) is 25.0 Å². The Balaban J connectivity index is 1.95. The summed E-state index contributed by atoms with van der Waals surface area (Å²) in [5.41, 5.74) is 7.64. The Kier molecular flexibility index (Phi) is 2.01. The van der Waals surface area contributed by atoms with E-state index in [0.29, 0.717) is 0 Å². The highest BCUT2D eigenvalue weighted by Crippen LogP contribution is 2.49. The zero-order valence-electron chi connectivity index (χ0n) is 12.6. The van der Waals surface area contributed by atoms with Crippen LogP contribution in [0.4, 0.5) is 0 Å². The minimum Gasteiger partial charge on any atom is -0.354 e. The fourth-order valence-corrected chi connectivity index (χ4v) is 3.88. The summed E-state index contributed by atoms with van der Waals surface area (Å²) in [6, 6.07) is 23.7. The van der Waals surface area contributed by atoms with E-state index in [0.717, 1.165) is 0 Å². The van der Waals surface area contributed by atoms with Crippen molar-refractivity contribution in [2.75, 3.05) is 0 Å². The van der Waals surface area contributed by atoms with Crippen LogP contribution in [0.15, 0.2) is 48.5 Å². The smallest absolute Gasteiger partial charge is 0.0471 e. The van der Waals surface area contributed by atoms with E-state index < -0.39 is 0 Å². The number of para-hydroxylation sites is 1. The van der Waals surface area contributed by atoms with Crippen molar-refractivity contribution in [3.05, 3.63) is 71.8 Å². The second-order valence-corrected chi connectivity index (χ2v) is 6.63. The summed E-state index contributed by atoms with van der Waals surface area (Å²) >= 11 is 0. The zero-order valence-corrected chi connectivity index (χ0v) is 12.6. The van der Waals surface area contributed by atoms with E-state index in [4.69, 9.17) is 0 Å². The van der Waals surface area contributed by atoms with Crippen molar-refractivity contribution in [2.45, 2.75) is 19.3 Å². The van der Waals surface area contributed by atoms with Crippen LogP contribution in [0, 0.1) is 12.1 Å². The van der Waals surface area contributed by atoms with Gasteiger partial charge in [0.1, 0.15) is 0 Å². The van der Waals surface area contributed by atoms with Gasteiger partial charge >= 0.3 is 0 Å². The third-order valence-corrected chi connectivity index (χ3v) is 5.03. The minimum absolute atomic E-state index is 0.0189. The van der Waals surface area contributed by atoms with Crippen molar-refractivity contribution in [3.63, 3.8) is 0 Å². The van der Waals surface area contributed by atoms with Gasteiger partial charge in [0.05, 0.1) is 0 Å². The molecule has 0 aliphatic heterocycles. The lowest BCUT2D eigenvalue weighted by Gasteiger charge is -2.19. The number of fused-ring (bicyclic) bond motifs is 6. The molecule has 1 aliphatic rings. The van der Waals surface area contributed by atoms with Crippen molar-refractivity contribution < 1.29 is 0 Å². The molecule has 1 aliphatic carbocycles. The maximum Gasteiger partial charge on any atom is 0.0471 e. The molecule has 0 bridgehead atoms. The van der Waals surface area contributed by atoms with Gasteiger partial charge in [0.15, 0.2) is 0 Å². The van der Waals surface area contributed by atoms with Gasteiger partial charge in [0, 0.05) is 32.8 Å². The predicted molar refractivity (Wildman–Crippen MR) is 91.0 cm³/mol. The fraction of sp³-hybridized carbons (Fsp3) is 0.143. The van der Waals surface area contributed by atoms with E-state index in [9.17, 15) is 0 Å². The van der Waals surface area contributed by atoms with Gasteiger partial charge < -0.3 is 4.98 Å². The van der Waals surface area contributed by atoms with Gasteiger partial charge in [-0.3, -0.25) is 0 Å². The number of aromatic amines is 1. The first-order chi connectivity index (χ1) is 10.7. The number of hydrogen-bond donors (Lipinski definition) is 1. The zero-order chi connectivity index (χ0) is 14.9. The van der Waals surface area contributed by atoms with Crippen LogP contribution >= 0.6 is 0 Å². The van der Waals surface area contributed by atoms with Crippen LogP contribution in [-0.2, 0) is 5.41 Å². The number of rotatable bonds is 0. The molecule has 1 nitrogen and oxygen atoms in total. The van der Waals surface area contributed by atoms with Crippen LogP contribution in [-0.4, -0.2) is 4.98 Å². The molecule has 0 radical (unpaired) electrons. The Hall–Kier alpha value is -2.72. The molecule has 4 aromatic rings. The quantitative estimate of drug-likeness (QED) is 0.454. The molecule has 0 fully saturated rings. The standard InChI is InChI=1S/C21H15N/c1-21(2)17-9-5-3-7-13(17)15-12-20-16(11-18(15)21)14-8-4-6-10-19(14)22-20/h3-4,6-8,10-12,22H,1-2H3. The highest BCUT2D eigenvalue weighted by atomic mass is 14.7. The van der Waals surface area contributed by atoms with Gasteiger partial charge in [-0.1, -0.05) is 44.2 Å². The largest absolute Gasteiger partial charge is 0.354 e. The Morgan fingerprint density at radius 1 is 0.909 bits per heavy atom. The lowest BCUT2D eigenvalue weighted by Crippen LogP contribution is -2.14. The molecule has 1 aromatic heterocycles. The van der Waals surface area contributed by atoms with Gasteiger partial charge in [-0.15, -0.1) is 0 Å². The van der Waals surface area contributed by atoms with E-state index in [2.05, 4.69) is 73.4 Å². The predicted octanol–water partition coefficient (Wildman–Crippen LogP) is 5.23. The van der Waals surface area contributed by atoms with Crippen molar-refractivity contribution in [1.82, 2.24) is 4.98 Å². The van der Waals surface area contributed by atoms with Gasteiger partial charge in [0.2, 0.25) is 0 Å². The molecule has 0 unspecified atom stereocenters. The van der Waals surface area contributed by atoms with E-state index in [1.165, 1.54) is 44.1 Å². The summed E-state index contributed by atoms with van der Waals surface area (Å²) in [6.45, 7) is 4.56. The van der Waals surface area contributed by atoms with E-state index >= 15 is 0 Å². The molecule has 22 heavy (non-hydrogen) atoms. The fourth-order valence-electron chi connectivity index (χ4n) is 3.88. The molecule has 3 aromatic carbocycles. The molecule has 1 heteroatoms. The molecule has 0 amide bonds. The molecule has 5 rings (SSSR count). The molecular weight excluding hydrogens is 266 g/mol. The molecule has 0 spiro atoms. The molecule has 1 N–H and O–H groups in total. The lowest BCUT2D eigenvalue weighted by molar-refractivity contribution is 0.661. The second kappa shape index (κ2) is 3.72. The van der Waals surface area contributed by atoms with Crippen LogP contribution in [0.25, 0.3) is 32.9 Å². The molecular formula is C21H15N. The van der Waals surface area contributed by atoms with Gasteiger partial charge in [-0.05, 0) is 47.0 Å². The Morgan fingerprint density at radius 3 is 2.68 bits per heavy atom. The number of H-pyrrole nitrogens is 1. The second-order valence-electron chi connectivity index (χ2n) is 6.63. The van der Waals surface area contributed by atoms with Crippen LogP contribution in [0.5, 0.6) is 0 Å². The number of benzene rings is 2. The van der Waals surface area contributed by atoms with Crippen LogP contribution in [0.3, 0.4) is 0 Å². The van der Waals surface area contributed by atoms with Crippen LogP contribution < -0.4 is 0 Å². The number of hydrogen-bond acceptors (Lipinski definition) is 0. The average Bonchev–Trinajstić information content (AvgIpc) is 3.00. The number of aromatic nitrogens is 1. The maximum atomic E-state index is 3.55. The molecule has 104 valence electrons. The summed E-state index contributed by atoms with van der Waals surface area (Å²) in [4.78, 5) is 3.55. The van der Waals surface area contributed by atoms with Crippen molar-refractivity contribution >= 4 is 21.8 Å². The first-order valence-corrected chi connectivity index (χ1v) is 7.64. The van der Waals surface area contributed by atoms with Gasteiger partial charge in [-0.2, -0.15) is 0 Å². The third-order valence-electron chi connectivity index (χ3n) is 5.03. The Labute approximate surface area is 129 Å². The molecule has 0 saturated carbocycles. The summed E-state index contributed by atoms with van der Waals surface area (Å²) < 4.78 is 0. The average molecular weight is 281 g/mol. The Bertz CT molecular complexity index is 1050. The SMILES string of the molecule is CC1(C)c2c#cccc2-c2cc3[nH]c4ccccc4c3cc21. The van der Waals surface area contributed by atoms with E-state index in [1.54, 1.807) is 0 Å². The summed E-state index contributed by atoms with van der Waals surface area (Å²) in [6.07, 6.45) is 0. The monoisotopic (exact) mass is 281 g/mol. The van der Waals surface area contributed by atoms with Crippen LogP contribution in [0.2, 0.25) is 0 Å². The third kappa shape index (κ3) is 1.30. The molecule has 1 heterocycles. The summed E-state index contributed by atoms with van der Waals surface area (Å²) in [5, 5.41) is 2.60. The van der Waals surface area contributed by atoms with Gasteiger partial charge in [-0.25, -0.2) is 0 Å². The first-order valence-electron chi connectivity index (χ1n) is 7.64. The topological polar surface area (TPSA) is 15.8 Å². The summed E-state index contributed by atoms with van der Waals surface area (Å²) in [5.74, 6) is 0. The Morgan fingerprint density at radius 2 is 1.77 bits per heavy atom. The van der Waals surface area contributed by atoms with Crippen molar-refractivity contribution in [2.24, 2.45) is 0 Å². The van der Waals surface area contributed by atoms with Gasteiger partial charge in [0.25, 0.3) is 0 Å². The molecule has 0 atom stereocenters. The minimum atomic E-state index is -0.0189. The molecule has 0 saturated heterocycles. The normalized spacial score (nSPS) is 14.8. The van der Waals surface area contributed by atoms with Crippen molar-refractivity contribution in [3.8, 4) is 11.1 Å². The first kappa shape index (κ1) is 11.9. The number of nitrogens with one attached hydrogen (secondary N) is 1. The highest BCUT2D eigenvalue weighted by molar-refractivity contribution is 6.09.